The van der Waals surface area contributed by atoms with Gasteiger partial charge in [-0.1, -0.05) is 206 Å². The molecule has 0 aromatic carbocycles. The summed E-state index contributed by atoms with van der Waals surface area (Å²) in [5, 5.41) is 0. The number of imidazole rings is 1. The topological polar surface area (TPSA) is 111 Å². The molecule has 1 atom stereocenters. The molecule has 1 rings (SSSR count). The predicted octanol–water partition coefficient (Wildman–Crippen LogP) is 12.2. The number of aromatic nitrogens is 2. The second-order valence-electron chi connectivity index (χ2n) is 16.1. The van der Waals surface area contributed by atoms with Crippen LogP contribution in [-0.4, -0.2) is 65.7 Å². The van der Waals surface area contributed by atoms with E-state index in [1.807, 2.05) is 4.90 Å². The molecular formula is C46H88N4O4. The van der Waals surface area contributed by atoms with Gasteiger partial charge in [-0.2, -0.15) is 0 Å². The molecule has 1 heterocycles. The average molecular weight is 761 g/mol. The molecule has 1 unspecified atom stereocenters. The van der Waals surface area contributed by atoms with Gasteiger partial charge in [0.05, 0.1) is 12.9 Å². The summed E-state index contributed by atoms with van der Waals surface area (Å²) in [6.45, 7) is 6.46. The Balaban J connectivity index is 2.20. The molecule has 0 aliphatic rings. The van der Waals surface area contributed by atoms with Crippen molar-refractivity contribution in [2.75, 3.05) is 32.9 Å². The molecule has 0 radical (unpaired) electrons. The second kappa shape index (κ2) is 39.3. The van der Waals surface area contributed by atoms with Gasteiger partial charge in [0.1, 0.15) is 19.3 Å². The number of amides is 1. The van der Waals surface area contributed by atoms with Crippen LogP contribution in [0.2, 0.25) is 0 Å². The number of carbonyl (C=O) groups excluding carboxylic acids is 2. The fourth-order valence-electron chi connectivity index (χ4n) is 7.34. The maximum Gasteiger partial charge on any atom is 0.323 e. The maximum atomic E-state index is 13.2. The smallest absolute Gasteiger partial charge is 0.323 e. The van der Waals surface area contributed by atoms with Gasteiger partial charge in [-0.15, -0.1) is 0 Å². The molecule has 0 fully saturated rings. The molecule has 0 aliphatic carbocycles. The first kappa shape index (κ1) is 50.1. The molecule has 1 aromatic heterocycles. The molecule has 54 heavy (non-hydrogen) atoms. The first-order chi connectivity index (χ1) is 26.6. The van der Waals surface area contributed by atoms with Crippen molar-refractivity contribution in [1.82, 2.24) is 14.9 Å². The van der Waals surface area contributed by atoms with Crippen LogP contribution < -0.4 is 5.73 Å². The highest BCUT2D eigenvalue weighted by atomic mass is 16.6. The fourth-order valence-corrected chi connectivity index (χ4v) is 7.34. The zero-order valence-electron chi connectivity index (χ0n) is 35.7. The zero-order valence-corrected chi connectivity index (χ0v) is 35.7. The molecule has 3 N–H and O–H groups in total. The molecule has 1 amide bonds. The van der Waals surface area contributed by atoms with E-state index in [4.69, 9.17) is 15.2 Å². The van der Waals surface area contributed by atoms with Gasteiger partial charge >= 0.3 is 5.97 Å². The molecule has 0 saturated carbocycles. The van der Waals surface area contributed by atoms with Crippen LogP contribution >= 0.6 is 0 Å². The van der Waals surface area contributed by atoms with Gasteiger partial charge in [0, 0.05) is 31.4 Å². The third-order valence-electron chi connectivity index (χ3n) is 10.9. The first-order valence-electron chi connectivity index (χ1n) is 23.3. The van der Waals surface area contributed by atoms with Crippen LogP contribution in [0.25, 0.3) is 0 Å². The monoisotopic (exact) mass is 761 g/mol. The fraction of sp³-hybridized carbons (Fsp3) is 0.891. The van der Waals surface area contributed by atoms with E-state index in [2.05, 4.69) is 23.8 Å². The van der Waals surface area contributed by atoms with E-state index in [1.165, 1.54) is 193 Å². The summed E-state index contributed by atoms with van der Waals surface area (Å²) in [5.74, 6) is -0.438. The van der Waals surface area contributed by atoms with Gasteiger partial charge in [0.15, 0.2) is 0 Å². The van der Waals surface area contributed by atoms with Crippen molar-refractivity contribution >= 4 is 11.9 Å². The van der Waals surface area contributed by atoms with Crippen LogP contribution in [0.3, 0.4) is 0 Å². The predicted molar refractivity (Wildman–Crippen MR) is 228 cm³/mol. The zero-order chi connectivity index (χ0) is 39.0. The third kappa shape index (κ3) is 32.3. The van der Waals surface area contributed by atoms with Crippen molar-refractivity contribution < 1.29 is 19.1 Å². The Kier molecular flexibility index (Phi) is 36.5. The molecule has 8 nitrogen and oxygen atoms in total. The minimum Gasteiger partial charge on any atom is -0.462 e. The number of ether oxygens (including phenoxy) is 2. The molecule has 316 valence electrons. The summed E-state index contributed by atoms with van der Waals surface area (Å²) >= 11 is 0. The molecule has 0 aliphatic heterocycles. The lowest BCUT2D eigenvalue weighted by Crippen LogP contribution is -2.37. The Hall–Kier alpha value is -1.93. The Morgan fingerprint density at radius 2 is 0.963 bits per heavy atom. The standard InChI is InChI=1S/C46H88N4O4/c1-3-5-7-9-11-13-15-17-19-21-23-25-27-29-31-33-35-50(36-34-32-30-28-26-24-22-20-18-16-14-12-10-8-6-4-2)45(51)41-53-37-38-54-46(52)44(47)39-43-40-48-42-49-43/h40,42,44H,3-39,41,47H2,1-2H3,(H,48,49). The highest BCUT2D eigenvalue weighted by molar-refractivity contribution is 5.77. The maximum absolute atomic E-state index is 13.2. The van der Waals surface area contributed by atoms with Crippen molar-refractivity contribution in [2.45, 2.75) is 232 Å². The summed E-state index contributed by atoms with van der Waals surface area (Å²) in [5.41, 5.74) is 6.74. The van der Waals surface area contributed by atoms with Crippen LogP contribution in [0.15, 0.2) is 12.5 Å². The SMILES string of the molecule is CCCCCCCCCCCCCCCCCCN(CCCCCCCCCCCCCCCCCC)C(=O)COCCOC(=O)C(N)Cc1cnc[nH]1. The lowest BCUT2D eigenvalue weighted by atomic mass is 10.0. The highest BCUT2D eigenvalue weighted by Gasteiger charge is 2.17. The lowest BCUT2D eigenvalue weighted by molar-refractivity contribution is -0.147. The van der Waals surface area contributed by atoms with Crippen LogP contribution in [0.1, 0.15) is 225 Å². The van der Waals surface area contributed by atoms with Crippen molar-refractivity contribution in [3.05, 3.63) is 18.2 Å². The lowest BCUT2D eigenvalue weighted by Gasteiger charge is -2.23. The van der Waals surface area contributed by atoms with Crippen LogP contribution in [0, 0.1) is 0 Å². The van der Waals surface area contributed by atoms with E-state index in [9.17, 15) is 9.59 Å². The Morgan fingerprint density at radius 1 is 0.593 bits per heavy atom. The summed E-state index contributed by atoms with van der Waals surface area (Å²) in [4.78, 5) is 34.3. The average Bonchev–Trinajstić information content (AvgIpc) is 3.69. The molecule has 1 aromatic rings. The summed E-state index contributed by atoms with van der Waals surface area (Å²) in [6.07, 6.45) is 46.6. The Labute approximate surface area is 333 Å². The minimum absolute atomic E-state index is 0.0233. The number of nitrogens with two attached hydrogens (primary N) is 1. The Bertz CT molecular complexity index is 892. The van der Waals surface area contributed by atoms with E-state index in [0.29, 0.717) is 6.42 Å². The summed E-state index contributed by atoms with van der Waals surface area (Å²) in [7, 11) is 0. The van der Waals surface area contributed by atoms with E-state index in [0.717, 1.165) is 31.6 Å². The van der Waals surface area contributed by atoms with Crippen LogP contribution in [0.4, 0.5) is 0 Å². The highest BCUT2D eigenvalue weighted by Crippen LogP contribution is 2.16. The number of hydrogen-bond donors (Lipinski definition) is 2. The third-order valence-corrected chi connectivity index (χ3v) is 10.9. The van der Waals surface area contributed by atoms with Gasteiger partial charge in [-0.05, 0) is 12.8 Å². The number of unbranched alkanes of at least 4 members (excludes halogenated alkanes) is 30. The summed E-state index contributed by atoms with van der Waals surface area (Å²) in [6, 6.07) is -0.762. The van der Waals surface area contributed by atoms with Gasteiger partial charge in [-0.25, -0.2) is 4.98 Å². The number of esters is 1. The van der Waals surface area contributed by atoms with Gasteiger partial charge in [0.2, 0.25) is 5.91 Å². The van der Waals surface area contributed by atoms with E-state index in [-0.39, 0.29) is 25.7 Å². The number of nitrogens with zero attached hydrogens (tertiary/aromatic N) is 2. The molecule has 0 saturated heterocycles. The molecule has 8 heteroatoms. The van der Waals surface area contributed by atoms with E-state index >= 15 is 0 Å². The van der Waals surface area contributed by atoms with Gasteiger partial charge in [0.25, 0.3) is 0 Å². The molecule has 0 spiro atoms. The van der Waals surface area contributed by atoms with Crippen molar-refractivity contribution in [3.63, 3.8) is 0 Å². The van der Waals surface area contributed by atoms with E-state index < -0.39 is 12.0 Å². The number of nitrogens with one attached hydrogen (secondary N) is 1. The normalized spacial score (nSPS) is 12.0. The number of hydrogen-bond acceptors (Lipinski definition) is 6. The number of carbonyl (C=O) groups is 2. The second-order valence-corrected chi connectivity index (χ2v) is 16.1. The van der Waals surface area contributed by atoms with Crippen LogP contribution in [0.5, 0.6) is 0 Å². The summed E-state index contributed by atoms with van der Waals surface area (Å²) < 4.78 is 10.9. The van der Waals surface area contributed by atoms with Crippen LogP contribution in [-0.2, 0) is 25.5 Å². The largest absolute Gasteiger partial charge is 0.462 e. The number of aromatic amines is 1. The van der Waals surface area contributed by atoms with Gasteiger partial charge < -0.3 is 25.1 Å². The quantitative estimate of drug-likeness (QED) is 0.0507. The van der Waals surface area contributed by atoms with Crippen molar-refractivity contribution in [2.24, 2.45) is 5.73 Å². The molecule has 0 bridgehead atoms. The number of rotatable bonds is 42. The molecular weight excluding hydrogens is 673 g/mol. The number of H-pyrrole nitrogens is 1. The Morgan fingerprint density at radius 3 is 1.31 bits per heavy atom. The van der Waals surface area contributed by atoms with Crippen molar-refractivity contribution in [3.8, 4) is 0 Å². The minimum atomic E-state index is -0.762. The van der Waals surface area contributed by atoms with Gasteiger partial charge in [-0.3, -0.25) is 9.59 Å². The first-order valence-corrected chi connectivity index (χ1v) is 23.3. The van der Waals surface area contributed by atoms with Crippen molar-refractivity contribution in [1.29, 1.82) is 0 Å². The van der Waals surface area contributed by atoms with E-state index in [1.54, 1.807) is 12.5 Å².